The lowest BCUT2D eigenvalue weighted by Crippen LogP contribution is -2.41. The molecular formula is C14H21NO2. The molecule has 3 nitrogen and oxygen atoms in total. The summed E-state index contributed by atoms with van der Waals surface area (Å²) in [5.41, 5.74) is 1.15. The van der Waals surface area contributed by atoms with Gasteiger partial charge in [0.15, 0.2) is 0 Å². The SMILES string of the molecule is CC1CC(N[C@@H](CO)c2ccccc2)CCO1. The number of rotatable bonds is 4. The molecule has 1 aliphatic rings. The van der Waals surface area contributed by atoms with Crippen molar-refractivity contribution in [2.24, 2.45) is 0 Å². The van der Waals surface area contributed by atoms with Crippen LogP contribution in [0.5, 0.6) is 0 Å². The molecule has 1 fully saturated rings. The van der Waals surface area contributed by atoms with E-state index in [0.717, 1.165) is 25.0 Å². The van der Waals surface area contributed by atoms with Crippen molar-refractivity contribution in [2.45, 2.75) is 38.0 Å². The molecule has 0 spiro atoms. The molecule has 1 aliphatic heterocycles. The summed E-state index contributed by atoms with van der Waals surface area (Å²) in [4.78, 5) is 0. The van der Waals surface area contributed by atoms with Crippen molar-refractivity contribution in [3.63, 3.8) is 0 Å². The minimum atomic E-state index is 0.0338. The molecular weight excluding hydrogens is 214 g/mol. The van der Waals surface area contributed by atoms with E-state index in [2.05, 4.69) is 24.4 Å². The third-order valence-corrected chi connectivity index (χ3v) is 3.31. The second kappa shape index (κ2) is 6.15. The molecule has 0 saturated carbocycles. The highest BCUT2D eigenvalue weighted by atomic mass is 16.5. The number of aliphatic hydroxyl groups excluding tert-OH is 1. The first-order chi connectivity index (χ1) is 8.29. The molecule has 17 heavy (non-hydrogen) atoms. The van der Waals surface area contributed by atoms with Crippen LogP contribution in [0.25, 0.3) is 0 Å². The average Bonchev–Trinajstić information content (AvgIpc) is 2.37. The monoisotopic (exact) mass is 235 g/mol. The molecule has 94 valence electrons. The first kappa shape index (κ1) is 12.6. The van der Waals surface area contributed by atoms with Crippen LogP contribution in [0.15, 0.2) is 30.3 Å². The predicted molar refractivity (Wildman–Crippen MR) is 67.8 cm³/mol. The number of benzene rings is 1. The number of hydrogen-bond acceptors (Lipinski definition) is 3. The van der Waals surface area contributed by atoms with Gasteiger partial charge in [0, 0.05) is 12.6 Å². The molecule has 1 heterocycles. The van der Waals surface area contributed by atoms with Crippen molar-refractivity contribution in [3.8, 4) is 0 Å². The minimum Gasteiger partial charge on any atom is -0.394 e. The zero-order chi connectivity index (χ0) is 12.1. The summed E-state index contributed by atoms with van der Waals surface area (Å²) in [6.45, 7) is 3.05. The number of nitrogens with one attached hydrogen (secondary N) is 1. The van der Waals surface area contributed by atoms with E-state index < -0.39 is 0 Å². The lowest BCUT2D eigenvalue weighted by Gasteiger charge is -2.31. The van der Waals surface area contributed by atoms with Gasteiger partial charge in [0.25, 0.3) is 0 Å². The lowest BCUT2D eigenvalue weighted by atomic mass is 10.0. The van der Waals surface area contributed by atoms with Gasteiger partial charge in [-0.3, -0.25) is 0 Å². The fourth-order valence-corrected chi connectivity index (χ4v) is 2.37. The van der Waals surface area contributed by atoms with Crippen molar-refractivity contribution in [2.75, 3.05) is 13.2 Å². The summed E-state index contributed by atoms with van der Waals surface area (Å²) >= 11 is 0. The molecule has 1 aromatic carbocycles. The van der Waals surface area contributed by atoms with Gasteiger partial charge < -0.3 is 15.2 Å². The van der Waals surface area contributed by atoms with Crippen LogP contribution in [-0.2, 0) is 4.74 Å². The topological polar surface area (TPSA) is 41.5 Å². The molecule has 1 saturated heterocycles. The fourth-order valence-electron chi connectivity index (χ4n) is 2.37. The van der Waals surface area contributed by atoms with E-state index in [4.69, 9.17) is 4.74 Å². The number of ether oxygens (including phenoxy) is 1. The van der Waals surface area contributed by atoms with Gasteiger partial charge in [0.1, 0.15) is 0 Å². The normalized spacial score (nSPS) is 26.7. The van der Waals surface area contributed by atoms with Crippen molar-refractivity contribution in [3.05, 3.63) is 35.9 Å². The maximum atomic E-state index is 9.48. The third kappa shape index (κ3) is 3.53. The molecule has 2 unspecified atom stereocenters. The van der Waals surface area contributed by atoms with E-state index in [9.17, 15) is 5.11 Å². The highest BCUT2D eigenvalue weighted by Gasteiger charge is 2.22. The smallest absolute Gasteiger partial charge is 0.0626 e. The summed E-state index contributed by atoms with van der Waals surface area (Å²) in [7, 11) is 0. The lowest BCUT2D eigenvalue weighted by molar-refractivity contribution is 0.00960. The van der Waals surface area contributed by atoms with Crippen LogP contribution < -0.4 is 5.32 Å². The summed E-state index contributed by atoms with van der Waals surface area (Å²) in [6, 6.07) is 10.6. The molecule has 2 rings (SSSR count). The van der Waals surface area contributed by atoms with Gasteiger partial charge in [-0.25, -0.2) is 0 Å². The van der Waals surface area contributed by atoms with Gasteiger partial charge in [-0.2, -0.15) is 0 Å². The Hall–Kier alpha value is -0.900. The Morgan fingerprint density at radius 2 is 2.18 bits per heavy atom. The van der Waals surface area contributed by atoms with Crippen molar-refractivity contribution in [1.82, 2.24) is 5.32 Å². The van der Waals surface area contributed by atoms with Crippen molar-refractivity contribution in [1.29, 1.82) is 0 Å². The van der Waals surface area contributed by atoms with Crippen molar-refractivity contribution >= 4 is 0 Å². The molecule has 1 aromatic rings. The Bertz CT molecular complexity index is 328. The van der Waals surface area contributed by atoms with Gasteiger partial charge in [0.05, 0.1) is 18.8 Å². The predicted octanol–water partition coefficient (Wildman–Crippen LogP) is 1.88. The molecule has 2 N–H and O–H groups in total. The van der Waals surface area contributed by atoms with E-state index in [0.29, 0.717) is 12.1 Å². The molecule has 0 radical (unpaired) electrons. The summed E-state index contributed by atoms with van der Waals surface area (Å²) in [5, 5.41) is 13.0. The molecule has 0 bridgehead atoms. The molecule has 0 aliphatic carbocycles. The van der Waals surface area contributed by atoms with Gasteiger partial charge >= 0.3 is 0 Å². The maximum absolute atomic E-state index is 9.48. The van der Waals surface area contributed by atoms with Gasteiger partial charge in [0.2, 0.25) is 0 Å². The van der Waals surface area contributed by atoms with Crippen LogP contribution in [0.3, 0.4) is 0 Å². The number of hydrogen-bond donors (Lipinski definition) is 2. The van der Waals surface area contributed by atoms with E-state index >= 15 is 0 Å². The second-order valence-electron chi connectivity index (χ2n) is 4.72. The van der Waals surface area contributed by atoms with Gasteiger partial charge in [-0.1, -0.05) is 30.3 Å². The van der Waals surface area contributed by atoms with Crippen LogP contribution in [0.1, 0.15) is 31.4 Å². The Morgan fingerprint density at radius 1 is 1.41 bits per heavy atom. The third-order valence-electron chi connectivity index (χ3n) is 3.31. The maximum Gasteiger partial charge on any atom is 0.0626 e. The Balaban J connectivity index is 1.95. The second-order valence-corrected chi connectivity index (χ2v) is 4.72. The standard InChI is InChI=1S/C14H21NO2/c1-11-9-13(7-8-17-11)15-14(10-16)12-5-3-2-4-6-12/h2-6,11,13-16H,7-10H2,1H3/t11?,13?,14-/m0/s1. The van der Waals surface area contributed by atoms with Gasteiger partial charge in [-0.15, -0.1) is 0 Å². The van der Waals surface area contributed by atoms with Crippen molar-refractivity contribution < 1.29 is 9.84 Å². The first-order valence-corrected chi connectivity index (χ1v) is 6.33. The Kier molecular flexibility index (Phi) is 4.54. The molecule has 0 amide bonds. The largest absolute Gasteiger partial charge is 0.394 e. The zero-order valence-electron chi connectivity index (χ0n) is 10.3. The van der Waals surface area contributed by atoms with Crippen LogP contribution in [-0.4, -0.2) is 30.5 Å². The Labute approximate surface area is 103 Å². The fraction of sp³-hybridized carbons (Fsp3) is 0.571. The molecule has 0 aromatic heterocycles. The average molecular weight is 235 g/mol. The summed E-state index contributed by atoms with van der Waals surface area (Å²) in [5.74, 6) is 0. The first-order valence-electron chi connectivity index (χ1n) is 6.33. The Morgan fingerprint density at radius 3 is 2.82 bits per heavy atom. The van der Waals surface area contributed by atoms with Crippen LogP contribution >= 0.6 is 0 Å². The van der Waals surface area contributed by atoms with Crippen LogP contribution in [0.4, 0.5) is 0 Å². The molecule has 3 atom stereocenters. The van der Waals surface area contributed by atoms with E-state index in [1.165, 1.54) is 0 Å². The van der Waals surface area contributed by atoms with Gasteiger partial charge in [-0.05, 0) is 25.3 Å². The molecule has 3 heteroatoms. The quantitative estimate of drug-likeness (QED) is 0.837. The number of aliphatic hydroxyl groups is 1. The van der Waals surface area contributed by atoms with E-state index in [1.807, 2.05) is 18.2 Å². The van der Waals surface area contributed by atoms with Crippen LogP contribution in [0, 0.1) is 0 Å². The van der Waals surface area contributed by atoms with E-state index in [-0.39, 0.29) is 12.6 Å². The summed E-state index contributed by atoms with van der Waals surface area (Å²) < 4.78 is 5.53. The minimum absolute atomic E-state index is 0.0338. The van der Waals surface area contributed by atoms with Crippen LogP contribution in [0.2, 0.25) is 0 Å². The van der Waals surface area contributed by atoms with E-state index in [1.54, 1.807) is 0 Å². The highest BCUT2D eigenvalue weighted by molar-refractivity contribution is 5.19. The highest BCUT2D eigenvalue weighted by Crippen LogP contribution is 2.18. The summed E-state index contributed by atoms with van der Waals surface area (Å²) in [6.07, 6.45) is 2.35. The zero-order valence-corrected chi connectivity index (χ0v) is 10.3.